The minimum Gasteiger partial charge on any atom is -0.334 e. The van der Waals surface area contributed by atoms with E-state index in [-0.39, 0.29) is 12.1 Å². The fourth-order valence-electron chi connectivity index (χ4n) is 2.07. The van der Waals surface area contributed by atoms with Gasteiger partial charge in [0.05, 0.1) is 4.88 Å². The summed E-state index contributed by atoms with van der Waals surface area (Å²) in [4.78, 5) is 12.9. The van der Waals surface area contributed by atoms with Crippen LogP contribution in [0, 0.1) is 0 Å². The monoisotopic (exact) mass is 309 g/mol. The quantitative estimate of drug-likeness (QED) is 0.811. The summed E-state index contributed by atoms with van der Waals surface area (Å²) < 4.78 is 0. The number of hydrogen-bond acceptors (Lipinski definition) is 6. The van der Waals surface area contributed by atoms with Gasteiger partial charge in [0.2, 0.25) is 5.13 Å². The largest absolute Gasteiger partial charge is 0.334 e. The number of aromatic nitrogens is 2. The van der Waals surface area contributed by atoms with E-state index in [0.717, 1.165) is 35.8 Å². The van der Waals surface area contributed by atoms with E-state index in [1.54, 1.807) is 11.3 Å². The van der Waals surface area contributed by atoms with Crippen molar-refractivity contribution < 1.29 is 4.79 Å². The molecule has 106 valence electrons. The number of nitrogens with zero attached hydrogens (tertiary/aromatic N) is 2. The lowest BCUT2D eigenvalue weighted by molar-refractivity contribution is 0.245. The van der Waals surface area contributed by atoms with E-state index in [0.29, 0.717) is 5.13 Å². The van der Waals surface area contributed by atoms with E-state index in [4.69, 9.17) is 0 Å². The SMILES string of the molecule is O=C(Nc1nnc(-c2cccs2)s1)NC1CCCNC1. The summed E-state index contributed by atoms with van der Waals surface area (Å²) in [6.45, 7) is 1.85. The van der Waals surface area contributed by atoms with Crippen LogP contribution in [-0.2, 0) is 0 Å². The topological polar surface area (TPSA) is 78.9 Å². The van der Waals surface area contributed by atoms with E-state index in [1.165, 1.54) is 11.3 Å². The molecule has 1 aliphatic heterocycles. The van der Waals surface area contributed by atoms with Gasteiger partial charge in [-0.3, -0.25) is 5.32 Å². The first-order valence-electron chi connectivity index (χ1n) is 6.47. The minimum atomic E-state index is -0.215. The molecule has 1 saturated heterocycles. The molecular weight excluding hydrogens is 294 g/mol. The third-order valence-electron chi connectivity index (χ3n) is 3.01. The highest BCUT2D eigenvalue weighted by Gasteiger charge is 2.16. The van der Waals surface area contributed by atoms with Gasteiger partial charge in [-0.15, -0.1) is 21.5 Å². The Morgan fingerprint density at radius 2 is 2.40 bits per heavy atom. The van der Waals surface area contributed by atoms with Crippen molar-refractivity contribution in [3.05, 3.63) is 17.5 Å². The maximum absolute atomic E-state index is 11.9. The molecule has 0 aliphatic carbocycles. The van der Waals surface area contributed by atoms with Gasteiger partial charge in [0.15, 0.2) is 5.01 Å². The Morgan fingerprint density at radius 3 is 3.15 bits per heavy atom. The molecule has 1 atom stereocenters. The number of urea groups is 1. The fraction of sp³-hybridized carbons (Fsp3) is 0.417. The molecule has 1 unspecified atom stereocenters. The number of amides is 2. The molecule has 1 fully saturated rings. The average Bonchev–Trinajstić information content (AvgIpc) is 3.10. The minimum absolute atomic E-state index is 0.188. The van der Waals surface area contributed by atoms with E-state index in [9.17, 15) is 4.79 Å². The van der Waals surface area contributed by atoms with Crippen LogP contribution in [0.25, 0.3) is 9.88 Å². The van der Waals surface area contributed by atoms with Gasteiger partial charge < -0.3 is 10.6 Å². The average molecular weight is 309 g/mol. The van der Waals surface area contributed by atoms with Gasteiger partial charge in [-0.05, 0) is 30.8 Å². The van der Waals surface area contributed by atoms with Crippen LogP contribution >= 0.6 is 22.7 Å². The Bertz CT molecular complexity index is 562. The van der Waals surface area contributed by atoms with Gasteiger partial charge in [0, 0.05) is 12.6 Å². The van der Waals surface area contributed by atoms with Crippen molar-refractivity contribution in [1.82, 2.24) is 20.8 Å². The van der Waals surface area contributed by atoms with Crippen LogP contribution in [0.2, 0.25) is 0 Å². The van der Waals surface area contributed by atoms with Gasteiger partial charge in [-0.25, -0.2) is 4.79 Å². The molecule has 0 saturated carbocycles. The predicted molar refractivity (Wildman–Crippen MR) is 81.3 cm³/mol. The highest BCUT2D eigenvalue weighted by Crippen LogP contribution is 2.29. The van der Waals surface area contributed by atoms with Crippen LogP contribution in [0.3, 0.4) is 0 Å². The smallest absolute Gasteiger partial charge is 0.321 e. The van der Waals surface area contributed by atoms with Crippen LogP contribution in [0.1, 0.15) is 12.8 Å². The molecule has 0 spiro atoms. The summed E-state index contributed by atoms with van der Waals surface area (Å²) in [5.74, 6) is 0. The van der Waals surface area contributed by atoms with Crippen molar-refractivity contribution in [2.45, 2.75) is 18.9 Å². The first-order chi connectivity index (χ1) is 9.81. The van der Waals surface area contributed by atoms with Crippen molar-refractivity contribution in [3.8, 4) is 9.88 Å². The summed E-state index contributed by atoms with van der Waals surface area (Å²) in [5.41, 5.74) is 0. The second kappa shape index (κ2) is 6.29. The summed E-state index contributed by atoms with van der Waals surface area (Å²) in [5, 5.41) is 20.4. The molecule has 6 nitrogen and oxygen atoms in total. The summed E-state index contributed by atoms with van der Waals surface area (Å²) in [6, 6.07) is 3.93. The molecule has 20 heavy (non-hydrogen) atoms. The Balaban J connectivity index is 1.56. The Kier molecular flexibility index (Phi) is 4.24. The number of anilines is 1. The number of nitrogens with one attached hydrogen (secondary N) is 3. The van der Waals surface area contributed by atoms with Crippen molar-refractivity contribution in [3.63, 3.8) is 0 Å². The lowest BCUT2D eigenvalue weighted by atomic mass is 10.1. The summed E-state index contributed by atoms with van der Waals surface area (Å²) >= 11 is 2.99. The number of carbonyl (C=O) groups is 1. The Hall–Kier alpha value is -1.51. The number of piperidine rings is 1. The maximum Gasteiger partial charge on any atom is 0.321 e. The normalized spacial score (nSPS) is 18.7. The zero-order valence-corrected chi connectivity index (χ0v) is 12.4. The maximum atomic E-state index is 11.9. The second-order valence-electron chi connectivity index (χ2n) is 4.53. The first kappa shape index (κ1) is 13.5. The van der Waals surface area contributed by atoms with E-state index < -0.39 is 0 Å². The van der Waals surface area contributed by atoms with Gasteiger partial charge in [-0.2, -0.15) is 0 Å². The van der Waals surface area contributed by atoms with Gasteiger partial charge in [0.25, 0.3) is 0 Å². The first-order valence-corrected chi connectivity index (χ1v) is 8.16. The zero-order chi connectivity index (χ0) is 13.8. The summed E-state index contributed by atoms with van der Waals surface area (Å²) in [7, 11) is 0. The van der Waals surface area contributed by atoms with Crippen molar-refractivity contribution >= 4 is 33.8 Å². The standard InChI is InChI=1S/C12H15N5OS2/c18-11(14-8-3-1-5-13-7-8)15-12-17-16-10(20-12)9-4-2-6-19-9/h2,4,6,8,13H,1,3,5,7H2,(H2,14,15,17,18). The molecule has 0 bridgehead atoms. The fourth-order valence-corrected chi connectivity index (χ4v) is 3.60. The zero-order valence-electron chi connectivity index (χ0n) is 10.8. The number of rotatable bonds is 3. The highest BCUT2D eigenvalue weighted by molar-refractivity contribution is 7.23. The Morgan fingerprint density at radius 1 is 1.45 bits per heavy atom. The van der Waals surface area contributed by atoms with E-state index in [2.05, 4.69) is 26.1 Å². The molecule has 2 amide bonds. The predicted octanol–water partition coefficient (Wildman–Crippen LogP) is 2.14. The molecule has 3 heterocycles. The summed E-state index contributed by atoms with van der Waals surface area (Å²) in [6.07, 6.45) is 2.10. The number of carbonyl (C=O) groups excluding carboxylic acids is 1. The van der Waals surface area contributed by atoms with Crippen molar-refractivity contribution in [2.24, 2.45) is 0 Å². The van der Waals surface area contributed by atoms with Crippen LogP contribution in [0.5, 0.6) is 0 Å². The van der Waals surface area contributed by atoms with Gasteiger partial charge >= 0.3 is 6.03 Å². The molecule has 1 aliphatic rings. The molecule has 2 aromatic rings. The third-order valence-corrected chi connectivity index (χ3v) is 4.89. The van der Waals surface area contributed by atoms with Crippen molar-refractivity contribution in [2.75, 3.05) is 18.4 Å². The van der Waals surface area contributed by atoms with Crippen LogP contribution in [0.15, 0.2) is 17.5 Å². The van der Waals surface area contributed by atoms with Gasteiger partial charge in [0.1, 0.15) is 0 Å². The highest BCUT2D eigenvalue weighted by atomic mass is 32.1. The molecule has 0 aromatic carbocycles. The third kappa shape index (κ3) is 3.33. The van der Waals surface area contributed by atoms with Crippen molar-refractivity contribution in [1.29, 1.82) is 0 Å². The number of hydrogen-bond donors (Lipinski definition) is 3. The number of thiophene rings is 1. The second-order valence-corrected chi connectivity index (χ2v) is 6.46. The van der Waals surface area contributed by atoms with Gasteiger partial charge in [-0.1, -0.05) is 17.4 Å². The molecule has 8 heteroatoms. The van der Waals surface area contributed by atoms with Crippen LogP contribution in [-0.4, -0.2) is 35.4 Å². The Labute approximate surface area is 124 Å². The van der Waals surface area contributed by atoms with E-state index in [1.807, 2.05) is 17.5 Å². The molecule has 3 rings (SSSR count). The molecule has 0 radical (unpaired) electrons. The van der Waals surface area contributed by atoms with E-state index >= 15 is 0 Å². The molecular formula is C12H15N5OS2. The van der Waals surface area contributed by atoms with Crippen LogP contribution in [0.4, 0.5) is 9.93 Å². The lowest BCUT2D eigenvalue weighted by Crippen LogP contribution is -2.47. The molecule has 2 aromatic heterocycles. The molecule has 3 N–H and O–H groups in total. The van der Waals surface area contributed by atoms with Crippen LogP contribution < -0.4 is 16.0 Å². The lowest BCUT2D eigenvalue weighted by Gasteiger charge is -2.23.